The van der Waals surface area contributed by atoms with Crippen LogP contribution in [-0.4, -0.2) is 46.1 Å². The molecule has 8 heteroatoms. The highest BCUT2D eigenvalue weighted by atomic mass is 32.1. The Balaban J connectivity index is 1.52. The van der Waals surface area contributed by atoms with Gasteiger partial charge in [0, 0.05) is 18.8 Å². The first-order valence-electron chi connectivity index (χ1n) is 9.42. The van der Waals surface area contributed by atoms with Crippen LogP contribution in [0.3, 0.4) is 0 Å². The molecule has 1 atom stereocenters. The molecule has 2 aliphatic heterocycles. The number of fused-ring (bicyclic) bond motifs is 1. The number of nitrogens with zero attached hydrogens (tertiary/aromatic N) is 2. The van der Waals surface area contributed by atoms with Gasteiger partial charge in [-0.05, 0) is 49.0 Å². The quantitative estimate of drug-likeness (QED) is 0.737. The second-order valence-corrected chi connectivity index (χ2v) is 7.18. The van der Waals surface area contributed by atoms with Crippen LogP contribution in [0.1, 0.15) is 18.9 Å². The van der Waals surface area contributed by atoms with Crippen LogP contribution in [0.4, 0.5) is 5.69 Å². The van der Waals surface area contributed by atoms with Crippen molar-refractivity contribution in [1.82, 2.24) is 9.80 Å². The van der Waals surface area contributed by atoms with E-state index in [1.165, 1.54) is 0 Å². The fourth-order valence-corrected chi connectivity index (χ4v) is 3.92. The van der Waals surface area contributed by atoms with Crippen molar-refractivity contribution in [3.05, 3.63) is 54.1 Å². The molecule has 1 N–H and O–H groups in total. The summed E-state index contributed by atoms with van der Waals surface area (Å²) in [6, 6.07) is 14.2. The van der Waals surface area contributed by atoms with Gasteiger partial charge in [0.2, 0.25) is 12.7 Å². The van der Waals surface area contributed by atoms with Gasteiger partial charge >= 0.3 is 0 Å². The molecule has 0 aliphatic carbocycles. The van der Waals surface area contributed by atoms with Crippen LogP contribution in [0.2, 0.25) is 0 Å². The van der Waals surface area contributed by atoms with E-state index in [0.29, 0.717) is 35.4 Å². The molecule has 2 aromatic rings. The predicted octanol–water partition coefficient (Wildman–Crippen LogP) is 2.76. The van der Waals surface area contributed by atoms with E-state index < -0.39 is 6.04 Å². The normalized spacial score (nSPS) is 17.8. The highest BCUT2D eigenvalue weighted by Crippen LogP contribution is 2.33. The third kappa shape index (κ3) is 3.88. The number of nitrogens with one attached hydrogen (secondary N) is 1. The Morgan fingerprint density at radius 2 is 1.93 bits per heavy atom. The second-order valence-electron chi connectivity index (χ2n) is 6.81. The summed E-state index contributed by atoms with van der Waals surface area (Å²) in [7, 11) is 0. The highest BCUT2D eigenvalue weighted by Gasteiger charge is 2.42. The van der Waals surface area contributed by atoms with Crippen LogP contribution in [0.15, 0.2) is 48.5 Å². The molecule has 150 valence electrons. The van der Waals surface area contributed by atoms with Crippen molar-refractivity contribution in [2.45, 2.75) is 25.9 Å². The van der Waals surface area contributed by atoms with E-state index in [2.05, 4.69) is 5.32 Å². The number of hydrogen-bond donors (Lipinski definition) is 1. The number of benzene rings is 2. The van der Waals surface area contributed by atoms with Gasteiger partial charge in [0.15, 0.2) is 16.6 Å². The van der Waals surface area contributed by atoms with E-state index in [9.17, 15) is 9.59 Å². The lowest BCUT2D eigenvalue weighted by atomic mass is 10.1. The predicted molar refractivity (Wildman–Crippen MR) is 112 cm³/mol. The standard InChI is InChI=1S/C21H21N3O4S/c1-2-23-20(26)16(11-19(25)22-15-6-4-3-5-7-15)24(21(23)29)12-14-8-9-17-18(10-14)28-13-27-17/h3-10,16H,2,11-13H2,1H3,(H,22,25)/t16-/m0/s1. The van der Waals surface area contributed by atoms with Crippen LogP contribution in [0.5, 0.6) is 11.5 Å². The van der Waals surface area contributed by atoms with Crippen LogP contribution in [-0.2, 0) is 16.1 Å². The summed E-state index contributed by atoms with van der Waals surface area (Å²) >= 11 is 5.54. The van der Waals surface area contributed by atoms with E-state index in [1.54, 1.807) is 4.90 Å². The van der Waals surface area contributed by atoms with E-state index in [0.717, 1.165) is 5.56 Å². The number of carbonyl (C=O) groups is 2. The second kappa shape index (κ2) is 8.08. The average molecular weight is 411 g/mol. The molecule has 29 heavy (non-hydrogen) atoms. The number of rotatable bonds is 6. The molecule has 0 spiro atoms. The van der Waals surface area contributed by atoms with Gasteiger partial charge < -0.3 is 19.7 Å². The number of ether oxygens (including phenoxy) is 2. The minimum Gasteiger partial charge on any atom is -0.454 e. The Morgan fingerprint density at radius 3 is 2.69 bits per heavy atom. The third-order valence-electron chi connectivity index (χ3n) is 4.95. The molecular formula is C21H21N3O4S. The summed E-state index contributed by atoms with van der Waals surface area (Å²) in [4.78, 5) is 28.8. The maximum atomic E-state index is 12.9. The summed E-state index contributed by atoms with van der Waals surface area (Å²) in [6.45, 7) is 2.94. The van der Waals surface area contributed by atoms with Crippen molar-refractivity contribution in [2.24, 2.45) is 0 Å². The molecular weight excluding hydrogens is 390 g/mol. The first kappa shape index (κ1) is 19.2. The summed E-state index contributed by atoms with van der Waals surface area (Å²) in [5.41, 5.74) is 1.62. The van der Waals surface area contributed by atoms with Gasteiger partial charge in [0.1, 0.15) is 6.04 Å². The lowest BCUT2D eigenvalue weighted by Crippen LogP contribution is -2.37. The molecule has 0 radical (unpaired) electrons. The van der Waals surface area contributed by atoms with Crippen LogP contribution >= 0.6 is 12.2 Å². The molecule has 1 fully saturated rings. The molecule has 0 saturated carbocycles. The molecule has 0 unspecified atom stereocenters. The van der Waals surface area contributed by atoms with E-state index in [4.69, 9.17) is 21.7 Å². The zero-order chi connectivity index (χ0) is 20.4. The van der Waals surface area contributed by atoms with Crippen molar-refractivity contribution in [1.29, 1.82) is 0 Å². The Labute approximate surface area is 174 Å². The number of thiocarbonyl (C=S) groups is 1. The van der Waals surface area contributed by atoms with Crippen molar-refractivity contribution in [3.8, 4) is 11.5 Å². The molecule has 4 rings (SSSR count). The van der Waals surface area contributed by atoms with E-state index >= 15 is 0 Å². The molecule has 7 nitrogen and oxygen atoms in total. The highest BCUT2D eigenvalue weighted by molar-refractivity contribution is 7.80. The van der Waals surface area contributed by atoms with Crippen LogP contribution in [0, 0.1) is 0 Å². The topological polar surface area (TPSA) is 71.1 Å². The van der Waals surface area contributed by atoms with Gasteiger partial charge in [-0.2, -0.15) is 0 Å². The first-order chi connectivity index (χ1) is 14.1. The lowest BCUT2D eigenvalue weighted by Gasteiger charge is -2.24. The Hall–Kier alpha value is -3.13. The maximum absolute atomic E-state index is 12.9. The molecule has 1 saturated heterocycles. The summed E-state index contributed by atoms with van der Waals surface area (Å²) in [5.74, 6) is 0.986. The van der Waals surface area contributed by atoms with E-state index in [1.807, 2.05) is 60.4 Å². The van der Waals surface area contributed by atoms with Crippen molar-refractivity contribution in [2.75, 3.05) is 18.7 Å². The van der Waals surface area contributed by atoms with Crippen molar-refractivity contribution < 1.29 is 19.1 Å². The number of carbonyl (C=O) groups excluding carboxylic acids is 2. The lowest BCUT2D eigenvalue weighted by molar-refractivity contribution is -0.130. The zero-order valence-corrected chi connectivity index (χ0v) is 16.8. The van der Waals surface area contributed by atoms with Gasteiger partial charge in [-0.25, -0.2) is 0 Å². The minimum absolute atomic E-state index is 0.0227. The largest absolute Gasteiger partial charge is 0.454 e. The number of para-hydroxylation sites is 1. The fourth-order valence-electron chi connectivity index (χ4n) is 3.51. The molecule has 0 bridgehead atoms. The molecule has 2 heterocycles. The Morgan fingerprint density at radius 1 is 1.17 bits per heavy atom. The molecule has 2 amide bonds. The third-order valence-corrected chi connectivity index (χ3v) is 5.40. The monoisotopic (exact) mass is 411 g/mol. The zero-order valence-electron chi connectivity index (χ0n) is 16.0. The number of anilines is 1. The fraction of sp³-hybridized carbons (Fsp3) is 0.286. The maximum Gasteiger partial charge on any atom is 0.252 e. The Kier molecular flexibility index (Phi) is 5.35. The average Bonchev–Trinajstić information content (AvgIpc) is 3.26. The molecule has 2 aromatic carbocycles. The van der Waals surface area contributed by atoms with Crippen LogP contribution in [0.25, 0.3) is 0 Å². The molecule has 2 aliphatic rings. The van der Waals surface area contributed by atoms with Gasteiger partial charge in [-0.15, -0.1) is 0 Å². The number of hydrogen-bond acceptors (Lipinski definition) is 5. The molecule has 0 aromatic heterocycles. The summed E-state index contributed by atoms with van der Waals surface area (Å²) in [5, 5.41) is 3.28. The van der Waals surface area contributed by atoms with Gasteiger partial charge in [0.05, 0.1) is 6.42 Å². The van der Waals surface area contributed by atoms with Gasteiger partial charge in [-0.1, -0.05) is 24.3 Å². The summed E-state index contributed by atoms with van der Waals surface area (Å²) in [6.07, 6.45) is 0.0227. The first-order valence-corrected chi connectivity index (χ1v) is 9.83. The Bertz CT molecular complexity index is 950. The van der Waals surface area contributed by atoms with Gasteiger partial charge in [0.25, 0.3) is 5.91 Å². The van der Waals surface area contributed by atoms with Crippen molar-refractivity contribution >= 4 is 34.8 Å². The number of likely N-dealkylation sites (N-methyl/N-ethyl adjacent to an activating group) is 1. The van der Waals surface area contributed by atoms with Gasteiger partial charge in [-0.3, -0.25) is 14.5 Å². The SMILES string of the molecule is CCN1C(=O)[C@H](CC(=O)Nc2ccccc2)N(Cc2ccc3c(c2)OCO3)C1=S. The smallest absolute Gasteiger partial charge is 0.252 e. The number of amides is 2. The minimum atomic E-state index is -0.642. The van der Waals surface area contributed by atoms with Crippen molar-refractivity contribution in [3.63, 3.8) is 0 Å². The van der Waals surface area contributed by atoms with E-state index in [-0.39, 0.29) is 25.0 Å². The summed E-state index contributed by atoms with van der Waals surface area (Å²) < 4.78 is 10.8. The van der Waals surface area contributed by atoms with Crippen LogP contribution < -0.4 is 14.8 Å².